The van der Waals surface area contributed by atoms with Gasteiger partial charge in [0.2, 0.25) is 0 Å². The number of piperidine rings is 1. The SMILES string of the molecule is CCCS(=O)(=O)CCN1CCCCC1C1CCCN1. The summed E-state index contributed by atoms with van der Waals surface area (Å²) in [5.41, 5.74) is 0. The molecule has 2 rings (SSSR count). The van der Waals surface area contributed by atoms with E-state index in [0.29, 0.717) is 23.6 Å². The molecule has 2 unspecified atom stereocenters. The van der Waals surface area contributed by atoms with Crippen LogP contribution in [0.1, 0.15) is 45.4 Å². The maximum atomic E-state index is 11.9. The summed E-state index contributed by atoms with van der Waals surface area (Å²) in [4.78, 5) is 2.43. The predicted molar refractivity (Wildman–Crippen MR) is 79.2 cm³/mol. The first-order valence-electron chi connectivity index (χ1n) is 7.80. The Kier molecular flexibility index (Phi) is 5.66. The lowest BCUT2D eigenvalue weighted by molar-refractivity contribution is 0.127. The van der Waals surface area contributed by atoms with Crippen LogP contribution < -0.4 is 5.32 Å². The Bertz CT molecular complexity index is 364. The van der Waals surface area contributed by atoms with E-state index in [4.69, 9.17) is 0 Å². The molecule has 0 radical (unpaired) electrons. The molecule has 0 aromatic rings. The van der Waals surface area contributed by atoms with Gasteiger partial charge in [-0.2, -0.15) is 0 Å². The van der Waals surface area contributed by atoms with Crippen molar-refractivity contribution >= 4 is 9.84 Å². The fraction of sp³-hybridized carbons (Fsp3) is 1.00. The summed E-state index contributed by atoms with van der Waals surface area (Å²) in [6, 6.07) is 1.15. The fourth-order valence-corrected chi connectivity index (χ4v) is 4.80. The van der Waals surface area contributed by atoms with E-state index in [1.165, 1.54) is 32.1 Å². The minimum absolute atomic E-state index is 0.337. The van der Waals surface area contributed by atoms with Gasteiger partial charge < -0.3 is 5.32 Å². The van der Waals surface area contributed by atoms with E-state index in [9.17, 15) is 8.42 Å². The smallest absolute Gasteiger partial charge is 0.151 e. The lowest BCUT2D eigenvalue weighted by Crippen LogP contribution is -2.51. The number of nitrogens with one attached hydrogen (secondary N) is 1. The Morgan fingerprint density at radius 1 is 1.16 bits per heavy atom. The first kappa shape index (κ1) is 15.3. The molecule has 19 heavy (non-hydrogen) atoms. The summed E-state index contributed by atoms with van der Waals surface area (Å²) in [6.45, 7) is 4.86. The highest BCUT2D eigenvalue weighted by molar-refractivity contribution is 7.91. The van der Waals surface area contributed by atoms with E-state index in [-0.39, 0.29) is 0 Å². The van der Waals surface area contributed by atoms with Crippen molar-refractivity contribution in [3.05, 3.63) is 0 Å². The molecular weight excluding hydrogens is 260 g/mol. The number of rotatable bonds is 6. The van der Waals surface area contributed by atoms with E-state index < -0.39 is 9.84 Å². The summed E-state index contributed by atoms with van der Waals surface area (Å²) in [5.74, 6) is 0.678. The van der Waals surface area contributed by atoms with Crippen LogP contribution in [-0.4, -0.2) is 56.5 Å². The highest BCUT2D eigenvalue weighted by Crippen LogP contribution is 2.24. The number of likely N-dealkylation sites (tertiary alicyclic amines) is 1. The molecule has 2 saturated heterocycles. The Labute approximate surface area is 117 Å². The molecule has 5 heteroatoms. The Balaban J connectivity index is 1.88. The van der Waals surface area contributed by atoms with Gasteiger partial charge in [0.05, 0.1) is 5.75 Å². The van der Waals surface area contributed by atoms with Crippen LogP contribution in [0.15, 0.2) is 0 Å². The van der Waals surface area contributed by atoms with Crippen LogP contribution in [0.4, 0.5) is 0 Å². The molecule has 2 aliphatic rings. The van der Waals surface area contributed by atoms with Crippen molar-refractivity contribution in [3.63, 3.8) is 0 Å². The molecule has 2 heterocycles. The third-order valence-electron chi connectivity index (χ3n) is 4.43. The van der Waals surface area contributed by atoms with Crippen LogP contribution in [0.2, 0.25) is 0 Å². The van der Waals surface area contributed by atoms with Crippen LogP contribution in [0.3, 0.4) is 0 Å². The van der Waals surface area contributed by atoms with Crippen molar-refractivity contribution in [2.45, 2.75) is 57.5 Å². The van der Waals surface area contributed by atoms with E-state index >= 15 is 0 Å². The molecule has 2 atom stereocenters. The standard InChI is InChI=1S/C14H28N2O2S/c1-2-11-19(17,18)12-10-16-9-4-3-7-14(16)13-6-5-8-15-13/h13-15H,2-12H2,1H3. The topological polar surface area (TPSA) is 49.4 Å². The normalized spacial score (nSPS) is 29.7. The Hall–Kier alpha value is -0.130. The Morgan fingerprint density at radius 3 is 2.68 bits per heavy atom. The van der Waals surface area contributed by atoms with Gasteiger partial charge in [-0.15, -0.1) is 0 Å². The quantitative estimate of drug-likeness (QED) is 0.803. The summed E-state index contributed by atoms with van der Waals surface area (Å²) in [6.07, 6.45) is 6.99. The first-order chi connectivity index (χ1) is 9.12. The molecule has 4 nitrogen and oxygen atoms in total. The minimum Gasteiger partial charge on any atom is -0.312 e. The van der Waals surface area contributed by atoms with Crippen molar-refractivity contribution in [2.24, 2.45) is 0 Å². The van der Waals surface area contributed by atoms with E-state index in [2.05, 4.69) is 10.2 Å². The monoisotopic (exact) mass is 288 g/mol. The number of sulfone groups is 1. The van der Waals surface area contributed by atoms with E-state index in [1.807, 2.05) is 6.92 Å². The maximum Gasteiger partial charge on any atom is 0.151 e. The molecular formula is C14H28N2O2S. The summed E-state index contributed by atoms with van der Waals surface area (Å²) in [7, 11) is -2.84. The van der Waals surface area contributed by atoms with Gasteiger partial charge in [0.15, 0.2) is 9.84 Å². The van der Waals surface area contributed by atoms with Gasteiger partial charge in [-0.25, -0.2) is 8.42 Å². The Morgan fingerprint density at radius 2 is 2.00 bits per heavy atom. The van der Waals surface area contributed by atoms with Gasteiger partial charge in [-0.05, 0) is 45.2 Å². The van der Waals surface area contributed by atoms with Gasteiger partial charge in [0.25, 0.3) is 0 Å². The van der Waals surface area contributed by atoms with E-state index in [1.54, 1.807) is 0 Å². The fourth-order valence-electron chi connectivity index (χ4n) is 3.46. The zero-order valence-corrected chi connectivity index (χ0v) is 12.9. The second kappa shape index (κ2) is 7.04. The highest BCUT2D eigenvalue weighted by atomic mass is 32.2. The van der Waals surface area contributed by atoms with Crippen LogP contribution >= 0.6 is 0 Å². The predicted octanol–water partition coefficient (Wildman–Crippen LogP) is 1.42. The van der Waals surface area contributed by atoms with Crippen LogP contribution in [0.25, 0.3) is 0 Å². The summed E-state index contributed by atoms with van der Waals surface area (Å²) < 4.78 is 23.7. The molecule has 2 fully saturated rings. The molecule has 2 aliphatic heterocycles. The lowest BCUT2D eigenvalue weighted by atomic mass is 9.95. The molecule has 0 aromatic carbocycles. The number of hydrogen-bond acceptors (Lipinski definition) is 4. The number of nitrogens with zero attached hydrogens (tertiary/aromatic N) is 1. The van der Waals surface area contributed by atoms with Crippen LogP contribution in [0.5, 0.6) is 0 Å². The first-order valence-corrected chi connectivity index (χ1v) is 9.62. The third-order valence-corrected chi connectivity index (χ3v) is 6.27. The van der Waals surface area contributed by atoms with Crippen molar-refractivity contribution in [2.75, 3.05) is 31.1 Å². The van der Waals surface area contributed by atoms with Crippen molar-refractivity contribution in [1.29, 1.82) is 0 Å². The average Bonchev–Trinajstić information content (AvgIpc) is 2.90. The van der Waals surface area contributed by atoms with Gasteiger partial charge in [-0.1, -0.05) is 13.3 Å². The number of hydrogen-bond donors (Lipinski definition) is 1. The molecule has 0 bridgehead atoms. The maximum absolute atomic E-state index is 11.9. The average molecular weight is 288 g/mol. The third kappa shape index (κ3) is 4.43. The summed E-state index contributed by atoms with van der Waals surface area (Å²) in [5, 5.41) is 3.59. The van der Waals surface area contributed by atoms with Crippen LogP contribution in [-0.2, 0) is 9.84 Å². The van der Waals surface area contributed by atoms with Crippen molar-refractivity contribution < 1.29 is 8.42 Å². The zero-order chi connectivity index (χ0) is 13.7. The molecule has 112 valence electrons. The molecule has 0 aromatic heterocycles. The second-order valence-electron chi connectivity index (χ2n) is 5.95. The molecule has 0 spiro atoms. The summed E-state index contributed by atoms with van der Waals surface area (Å²) >= 11 is 0. The second-order valence-corrected chi connectivity index (χ2v) is 8.26. The van der Waals surface area contributed by atoms with Crippen molar-refractivity contribution in [3.8, 4) is 0 Å². The van der Waals surface area contributed by atoms with Crippen molar-refractivity contribution in [1.82, 2.24) is 10.2 Å². The van der Waals surface area contributed by atoms with E-state index in [0.717, 1.165) is 26.1 Å². The van der Waals surface area contributed by atoms with Crippen LogP contribution in [0, 0.1) is 0 Å². The van der Waals surface area contributed by atoms with Gasteiger partial charge in [0, 0.05) is 24.4 Å². The molecule has 0 saturated carbocycles. The molecule has 1 N–H and O–H groups in total. The van der Waals surface area contributed by atoms with Gasteiger partial charge in [-0.3, -0.25) is 4.90 Å². The largest absolute Gasteiger partial charge is 0.312 e. The van der Waals surface area contributed by atoms with Gasteiger partial charge in [0.1, 0.15) is 0 Å². The molecule has 0 aliphatic carbocycles. The zero-order valence-electron chi connectivity index (χ0n) is 12.1. The minimum atomic E-state index is -2.84. The molecule has 0 amide bonds. The highest BCUT2D eigenvalue weighted by Gasteiger charge is 2.31. The lowest BCUT2D eigenvalue weighted by Gasteiger charge is -2.39. The van der Waals surface area contributed by atoms with Gasteiger partial charge >= 0.3 is 0 Å².